The van der Waals surface area contributed by atoms with Crippen LogP contribution >= 0.6 is 0 Å². The van der Waals surface area contributed by atoms with E-state index in [-0.39, 0.29) is 5.56 Å². The molecule has 0 aliphatic heterocycles. The number of rotatable bonds is 5. The highest BCUT2D eigenvalue weighted by Gasteiger charge is 2.08. The van der Waals surface area contributed by atoms with E-state index in [0.717, 1.165) is 17.5 Å². The molecule has 0 bridgehead atoms. The lowest BCUT2D eigenvalue weighted by Gasteiger charge is -2.13. The third kappa shape index (κ3) is 4.55. The van der Waals surface area contributed by atoms with E-state index in [9.17, 15) is 4.79 Å². The third-order valence-electron chi connectivity index (χ3n) is 5.26. The summed E-state index contributed by atoms with van der Waals surface area (Å²) in [5.41, 5.74) is 8.55. The van der Waals surface area contributed by atoms with Gasteiger partial charge in [-0.2, -0.15) is 0 Å². The van der Waals surface area contributed by atoms with Crippen molar-refractivity contribution in [3.63, 3.8) is 0 Å². The molecule has 0 saturated carbocycles. The Hall–Kier alpha value is -3.39. The van der Waals surface area contributed by atoms with Crippen LogP contribution in [0.15, 0.2) is 95.9 Å². The lowest BCUT2D eigenvalue weighted by Crippen LogP contribution is -2.19. The molecule has 0 spiro atoms. The number of hydrogen-bond donors (Lipinski definition) is 0. The van der Waals surface area contributed by atoms with Crippen molar-refractivity contribution in [2.45, 2.75) is 26.8 Å². The van der Waals surface area contributed by atoms with Gasteiger partial charge in [0.25, 0.3) is 5.56 Å². The van der Waals surface area contributed by atoms with Crippen molar-refractivity contribution in [3.05, 3.63) is 129 Å². The van der Waals surface area contributed by atoms with E-state index in [2.05, 4.69) is 68.4 Å². The molecule has 4 rings (SSSR count). The van der Waals surface area contributed by atoms with E-state index in [1.54, 1.807) is 10.6 Å². The van der Waals surface area contributed by atoms with E-state index in [1.807, 2.05) is 30.5 Å². The maximum absolute atomic E-state index is 12.4. The van der Waals surface area contributed by atoms with Gasteiger partial charge in [-0.05, 0) is 48.1 Å². The first-order valence-electron chi connectivity index (χ1n) is 9.98. The second kappa shape index (κ2) is 8.32. The van der Waals surface area contributed by atoms with Crippen LogP contribution in [0.1, 0.15) is 27.8 Å². The first-order valence-corrected chi connectivity index (χ1v) is 9.98. The standard InChI is InChI=1S/C27H25NO/c1-20-8-12-24(13-9-20)26-16-21(2)10-14-25(26)17-23-11-15-27(29)28(19-23)18-22-6-4-3-5-7-22/h3-16,19H,17-18H2,1-2H3. The number of benzene rings is 3. The van der Waals surface area contributed by atoms with E-state index < -0.39 is 0 Å². The van der Waals surface area contributed by atoms with E-state index >= 15 is 0 Å². The molecule has 0 unspecified atom stereocenters. The van der Waals surface area contributed by atoms with Crippen molar-refractivity contribution >= 4 is 0 Å². The molecular formula is C27H25NO. The molecule has 0 aliphatic rings. The first kappa shape index (κ1) is 18.9. The van der Waals surface area contributed by atoms with Crippen LogP contribution < -0.4 is 5.56 Å². The van der Waals surface area contributed by atoms with Crippen LogP contribution in [0.5, 0.6) is 0 Å². The van der Waals surface area contributed by atoms with Crippen molar-refractivity contribution < 1.29 is 0 Å². The zero-order valence-electron chi connectivity index (χ0n) is 16.9. The monoisotopic (exact) mass is 379 g/mol. The van der Waals surface area contributed by atoms with Crippen molar-refractivity contribution in [3.8, 4) is 11.1 Å². The van der Waals surface area contributed by atoms with Gasteiger partial charge in [0.15, 0.2) is 0 Å². The minimum atomic E-state index is 0.0280. The molecule has 29 heavy (non-hydrogen) atoms. The molecule has 0 radical (unpaired) electrons. The van der Waals surface area contributed by atoms with Gasteiger partial charge in [0.1, 0.15) is 0 Å². The minimum absolute atomic E-state index is 0.0280. The van der Waals surface area contributed by atoms with Gasteiger partial charge in [0.05, 0.1) is 6.54 Å². The quantitative estimate of drug-likeness (QED) is 0.431. The fourth-order valence-corrected chi connectivity index (χ4v) is 3.66. The van der Waals surface area contributed by atoms with Crippen LogP contribution in [0, 0.1) is 13.8 Å². The Labute approximate surface area is 172 Å². The minimum Gasteiger partial charge on any atom is -0.311 e. The highest BCUT2D eigenvalue weighted by atomic mass is 16.1. The first-order chi connectivity index (χ1) is 14.1. The summed E-state index contributed by atoms with van der Waals surface area (Å²) < 4.78 is 1.80. The molecule has 0 N–H and O–H groups in total. The van der Waals surface area contributed by atoms with Crippen LogP contribution in [-0.2, 0) is 13.0 Å². The van der Waals surface area contributed by atoms with Crippen LogP contribution in [0.4, 0.5) is 0 Å². The second-order valence-corrected chi connectivity index (χ2v) is 7.69. The zero-order chi connectivity index (χ0) is 20.2. The van der Waals surface area contributed by atoms with Gasteiger partial charge < -0.3 is 4.57 Å². The number of aryl methyl sites for hydroxylation is 2. The molecule has 2 nitrogen and oxygen atoms in total. The van der Waals surface area contributed by atoms with Gasteiger partial charge in [0, 0.05) is 12.3 Å². The molecule has 1 aromatic heterocycles. The fourth-order valence-electron chi connectivity index (χ4n) is 3.66. The Bertz CT molecular complexity index is 1170. The van der Waals surface area contributed by atoms with Crippen molar-refractivity contribution in [1.29, 1.82) is 0 Å². The predicted octanol–water partition coefficient (Wildman–Crippen LogP) is 5.77. The van der Waals surface area contributed by atoms with Gasteiger partial charge in [0.2, 0.25) is 0 Å². The number of pyridine rings is 1. The summed E-state index contributed by atoms with van der Waals surface area (Å²) in [6.45, 7) is 4.82. The smallest absolute Gasteiger partial charge is 0.250 e. The molecule has 0 aliphatic carbocycles. The van der Waals surface area contributed by atoms with E-state index in [0.29, 0.717) is 6.54 Å². The summed E-state index contributed by atoms with van der Waals surface area (Å²) in [6.07, 6.45) is 2.78. The van der Waals surface area contributed by atoms with Gasteiger partial charge in [-0.1, -0.05) is 90.0 Å². The summed E-state index contributed by atoms with van der Waals surface area (Å²) in [4.78, 5) is 12.4. The number of hydrogen-bond acceptors (Lipinski definition) is 1. The maximum atomic E-state index is 12.4. The van der Waals surface area contributed by atoms with Gasteiger partial charge in [-0.25, -0.2) is 0 Å². The average molecular weight is 380 g/mol. The summed E-state index contributed by atoms with van der Waals surface area (Å²) in [5.74, 6) is 0. The highest BCUT2D eigenvalue weighted by Crippen LogP contribution is 2.27. The predicted molar refractivity (Wildman–Crippen MR) is 120 cm³/mol. The number of aromatic nitrogens is 1. The molecule has 144 valence electrons. The highest BCUT2D eigenvalue weighted by molar-refractivity contribution is 5.69. The number of nitrogens with zero attached hydrogens (tertiary/aromatic N) is 1. The molecule has 0 atom stereocenters. The topological polar surface area (TPSA) is 22.0 Å². The van der Waals surface area contributed by atoms with Crippen LogP contribution in [-0.4, -0.2) is 4.57 Å². The van der Waals surface area contributed by atoms with Gasteiger partial charge in [-0.15, -0.1) is 0 Å². The fraction of sp³-hybridized carbons (Fsp3) is 0.148. The molecule has 0 amide bonds. The molecule has 0 saturated heterocycles. The van der Waals surface area contributed by atoms with Crippen molar-refractivity contribution in [2.75, 3.05) is 0 Å². The average Bonchev–Trinajstić information content (AvgIpc) is 2.73. The lowest BCUT2D eigenvalue weighted by atomic mass is 9.93. The Balaban J connectivity index is 1.67. The lowest BCUT2D eigenvalue weighted by molar-refractivity contribution is 0.751. The molecule has 0 fully saturated rings. The molecule has 3 aromatic carbocycles. The molecule has 4 aromatic rings. The summed E-state index contributed by atoms with van der Waals surface area (Å²) >= 11 is 0. The molecule has 1 heterocycles. The molecule has 2 heteroatoms. The van der Waals surface area contributed by atoms with Crippen LogP contribution in [0.25, 0.3) is 11.1 Å². The van der Waals surface area contributed by atoms with E-state index in [4.69, 9.17) is 0 Å². The Morgan fingerprint density at radius 3 is 2.21 bits per heavy atom. The van der Waals surface area contributed by atoms with Gasteiger partial charge in [-0.3, -0.25) is 4.79 Å². The zero-order valence-corrected chi connectivity index (χ0v) is 16.9. The SMILES string of the molecule is Cc1ccc(-c2cc(C)ccc2Cc2ccc(=O)n(Cc3ccccc3)c2)cc1. The Morgan fingerprint density at radius 1 is 0.724 bits per heavy atom. The largest absolute Gasteiger partial charge is 0.311 e. The Kier molecular flexibility index (Phi) is 5.44. The van der Waals surface area contributed by atoms with E-state index in [1.165, 1.54) is 27.8 Å². The summed E-state index contributed by atoms with van der Waals surface area (Å²) in [5, 5.41) is 0. The molecular weight excluding hydrogens is 354 g/mol. The summed E-state index contributed by atoms with van der Waals surface area (Å²) in [7, 11) is 0. The normalized spacial score (nSPS) is 10.8. The van der Waals surface area contributed by atoms with Crippen molar-refractivity contribution in [2.24, 2.45) is 0 Å². The maximum Gasteiger partial charge on any atom is 0.250 e. The van der Waals surface area contributed by atoms with Gasteiger partial charge >= 0.3 is 0 Å². The Morgan fingerprint density at radius 2 is 1.45 bits per heavy atom. The second-order valence-electron chi connectivity index (χ2n) is 7.69. The van der Waals surface area contributed by atoms with Crippen molar-refractivity contribution in [1.82, 2.24) is 4.57 Å². The summed E-state index contributed by atoms with van der Waals surface area (Å²) in [6, 6.07) is 29.0. The van der Waals surface area contributed by atoms with Crippen LogP contribution in [0.3, 0.4) is 0 Å². The third-order valence-corrected chi connectivity index (χ3v) is 5.26. The van der Waals surface area contributed by atoms with Crippen LogP contribution in [0.2, 0.25) is 0 Å².